The standard InChI is InChI=1S/2C19H16ClN5O3S.Fe.Na/c2*20-14-6-11-18(26)17(12-14)23-25-19(13-4-2-1-3-5-13)24-22-15-7-9-16(10-8-15)29(21,27)28;;/h2*1-12H,(H4,21,22,23,24,25,26,27,28);;/q;;;+1/p-2. The summed E-state index contributed by atoms with van der Waals surface area (Å²) in [6.45, 7) is 0. The number of primary sulfonamides is 2. The molecule has 0 heterocycles. The summed E-state index contributed by atoms with van der Waals surface area (Å²) in [5, 5.41) is 27.3. The van der Waals surface area contributed by atoms with E-state index in [0.29, 0.717) is 32.6 Å². The summed E-state index contributed by atoms with van der Waals surface area (Å²) in [6.07, 6.45) is 8.47. The molecule has 0 amide bonds. The molecule has 2 aliphatic rings. The monoisotopic (exact) mass is 935 g/mol. The van der Waals surface area contributed by atoms with Crippen LogP contribution in [-0.2, 0) is 46.7 Å². The van der Waals surface area contributed by atoms with E-state index in [2.05, 4.69) is 42.1 Å². The molecule has 304 valence electrons. The van der Waals surface area contributed by atoms with Crippen LogP contribution in [0.3, 0.4) is 0 Å². The van der Waals surface area contributed by atoms with Crippen molar-refractivity contribution in [3.05, 3.63) is 178 Å². The summed E-state index contributed by atoms with van der Waals surface area (Å²) in [7, 11) is -7.57. The molecular formula is C38H30Cl2FeN10NaO6S2-. The summed E-state index contributed by atoms with van der Waals surface area (Å²) < 4.78 is 45.3. The molecule has 0 unspecified atom stereocenters. The Balaban J connectivity index is 0.000000310. The number of hydrazone groups is 2. The number of nitrogens with zero attached hydrogens (tertiary/aromatic N) is 6. The average molecular weight is 937 g/mol. The topological polar surface area (TPSA) is 256 Å². The summed E-state index contributed by atoms with van der Waals surface area (Å²) >= 11 is 11.8. The van der Waals surface area contributed by atoms with Crippen LogP contribution in [0.2, 0.25) is 0 Å². The molecule has 0 spiro atoms. The minimum Gasteiger partial charge on any atom is -0.574 e. The zero-order valence-corrected chi connectivity index (χ0v) is 37.3. The van der Waals surface area contributed by atoms with E-state index in [9.17, 15) is 26.4 Å². The van der Waals surface area contributed by atoms with E-state index in [0.717, 1.165) is 0 Å². The number of nitrogens with one attached hydrogen (secondary N) is 2. The van der Waals surface area contributed by atoms with E-state index < -0.39 is 20.0 Å². The molecule has 6 rings (SSSR count). The number of halogens is 2. The third kappa shape index (κ3) is 15.2. The van der Waals surface area contributed by atoms with E-state index >= 15 is 0 Å². The molecule has 60 heavy (non-hydrogen) atoms. The van der Waals surface area contributed by atoms with Gasteiger partial charge in [0.1, 0.15) is 23.1 Å². The van der Waals surface area contributed by atoms with Crippen molar-refractivity contribution in [2.75, 3.05) is 0 Å². The quantitative estimate of drug-likeness (QED) is 0.0603. The van der Waals surface area contributed by atoms with Crippen LogP contribution in [0.15, 0.2) is 186 Å². The average Bonchev–Trinajstić information content (AvgIpc) is 3.21. The maximum atomic E-state index is 11.9. The molecule has 0 saturated heterocycles. The van der Waals surface area contributed by atoms with Crippen molar-refractivity contribution in [3.63, 3.8) is 0 Å². The Kier molecular flexibility index (Phi) is 19.0. The SMILES string of the molecule is NS(=O)(=O)c1ccc([N-]/N=C(\N/N=C2/C=C(Cl)C=CC2=O)c2ccccc2)cc1.NS(=O)(=O)c1ccc([N-]/N=C(\N/N=C2/C=C(Cl)C=CC2=O)c2ccccc2)cc1.[Fe].[Na+]. The first-order valence-corrected chi connectivity index (χ1v) is 20.3. The van der Waals surface area contributed by atoms with Crippen molar-refractivity contribution in [2.45, 2.75) is 9.79 Å². The van der Waals surface area contributed by atoms with Crippen LogP contribution >= 0.6 is 23.2 Å². The van der Waals surface area contributed by atoms with Gasteiger partial charge in [0, 0.05) is 38.3 Å². The summed E-state index contributed by atoms with van der Waals surface area (Å²) in [5.41, 5.74) is 16.0. The van der Waals surface area contributed by atoms with Gasteiger partial charge in [0.2, 0.25) is 31.6 Å². The second-order valence-corrected chi connectivity index (χ2v) is 15.6. The Morgan fingerprint density at radius 2 is 0.867 bits per heavy atom. The number of hydrogen-bond acceptors (Lipinski definition) is 10. The third-order valence-electron chi connectivity index (χ3n) is 7.36. The van der Waals surface area contributed by atoms with Gasteiger partial charge in [-0.3, -0.25) is 20.4 Å². The number of sulfonamides is 2. The number of allylic oxidation sites excluding steroid dienone is 8. The second kappa shape index (κ2) is 23.1. The fourth-order valence-corrected chi connectivity index (χ4v) is 5.85. The second-order valence-electron chi connectivity index (χ2n) is 11.6. The van der Waals surface area contributed by atoms with Crippen molar-refractivity contribution in [3.8, 4) is 0 Å². The number of carbonyl (C=O) groups is 2. The van der Waals surface area contributed by atoms with Gasteiger partial charge in [-0.2, -0.15) is 10.2 Å². The first kappa shape index (κ1) is 49.3. The normalized spacial score (nSPS) is 15.4. The van der Waals surface area contributed by atoms with Crippen molar-refractivity contribution < 1.29 is 73.1 Å². The van der Waals surface area contributed by atoms with Gasteiger partial charge in [-0.1, -0.05) is 108 Å². The number of rotatable bonds is 10. The molecule has 6 N–H and O–H groups in total. The van der Waals surface area contributed by atoms with Gasteiger partial charge < -0.3 is 21.1 Å². The first-order chi connectivity index (χ1) is 27.7. The predicted octanol–water partition coefficient (Wildman–Crippen LogP) is 2.82. The molecule has 0 fully saturated rings. The van der Waals surface area contributed by atoms with E-state index in [1.165, 1.54) is 85.0 Å². The minimum absolute atomic E-state index is 0. The van der Waals surface area contributed by atoms with Crippen molar-refractivity contribution in [2.24, 2.45) is 30.7 Å². The molecule has 0 radical (unpaired) electrons. The molecule has 0 atom stereocenters. The van der Waals surface area contributed by atoms with Crippen LogP contribution in [0.4, 0.5) is 11.4 Å². The van der Waals surface area contributed by atoms with Crippen LogP contribution in [-0.4, -0.2) is 51.5 Å². The van der Waals surface area contributed by atoms with Crippen LogP contribution in [0.5, 0.6) is 0 Å². The number of hydrogen-bond donors (Lipinski definition) is 4. The number of ketones is 2. The molecule has 0 aliphatic heterocycles. The fourth-order valence-electron chi connectivity index (χ4n) is 4.48. The van der Waals surface area contributed by atoms with Crippen LogP contribution in [0, 0.1) is 0 Å². The Labute approximate surface area is 388 Å². The van der Waals surface area contributed by atoms with Gasteiger partial charge in [0.25, 0.3) is 0 Å². The maximum absolute atomic E-state index is 11.9. The first-order valence-electron chi connectivity index (χ1n) is 16.5. The van der Waals surface area contributed by atoms with E-state index in [1.54, 1.807) is 24.3 Å². The molecule has 2 aliphatic carbocycles. The summed E-state index contributed by atoms with van der Waals surface area (Å²) in [5.74, 6) is -0.0457. The maximum Gasteiger partial charge on any atom is 1.00 e. The van der Waals surface area contributed by atoms with Crippen molar-refractivity contribution >= 4 is 89.3 Å². The Bertz CT molecular complexity index is 2480. The van der Waals surface area contributed by atoms with E-state index in [1.807, 2.05) is 36.4 Å². The Morgan fingerprint density at radius 3 is 1.18 bits per heavy atom. The molecule has 4 aromatic rings. The number of carbonyl (C=O) groups excluding carboxylic acids is 2. The number of nitrogens with two attached hydrogens (primary N) is 2. The summed E-state index contributed by atoms with van der Waals surface area (Å²) in [4.78, 5) is 23.7. The van der Waals surface area contributed by atoms with Gasteiger partial charge in [-0.05, 0) is 60.7 Å². The van der Waals surface area contributed by atoms with Gasteiger partial charge in [-0.25, -0.2) is 27.1 Å². The molecule has 0 saturated carbocycles. The smallest absolute Gasteiger partial charge is 0.574 e. The van der Waals surface area contributed by atoms with Crippen LogP contribution in [0.1, 0.15) is 11.1 Å². The van der Waals surface area contributed by atoms with Crippen LogP contribution in [0.25, 0.3) is 10.9 Å². The molecule has 0 bridgehead atoms. The van der Waals surface area contributed by atoms with Gasteiger partial charge in [-0.15, -0.1) is 11.4 Å². The molecule has 22 heteroatoms. The molecule has 16 nitrogen and oxygen atoms in total. The molecule has 0 aromatic heterocycles. The predicted molar refractivity (Wildman–Crippen MR) is 225 cm³/mol. The zero-order chi connectivity index (χ0) is 41.7. The molecular weight excluding hydrogens is 906 g/mol. The summed E-state index contributed by atoms with van der Waals surface area (Å²) in [6, 6.07) is 29.3. The van der Waals surface area contributed by atoms with Crippen LogP contribution < -0.4 is 50.7 Å². The Morgan fingerprint density at radius 1 is 0.533 bits per heavy atom. The van der Waals surface area contributed by atoms with Gasteiger partial charge in [0.05, 0.1) is 9.79 Å². The van der Waals surface area contributed by atoms with Gasteiger partial charge in [0.15, 0.2) is 0 Å². The van der Waals surface area contributed by atoms with Crippen molar-refractivity contribution in [1.82, 2.24) is 10.9 Å². The van der Waals surface area contributed by atoms with E-state index in [4.69, 9.17) is 33.5 Å². The largest absolute Gasteiger partial charge is 1.00 e. The number of amidine groups is 2. The Hall–Kier alpha value is -5.02. The van der Waals surface area contributed by atoms with Crippen molar-refractivity contribution in [1.29, 1.82) is 0 Å². The fraction of sp³-hybridized carbons (Fsp3) is 0. The third-order valence-corrected chi connectivity index (χ3v) is 9.69. The minimum atomic E-state index is -3.79. The number of benzene rings is 4. The zero-order valence-electron chi connectivity index (χ0n) is 31.1. The van der Waals surface area contributed by atoms with E-state index in [-0.39, 0.29) is 91.1 Å². The van der Waals surface area contributed by atoms with Gasteiger partial charge >= 0.3 is 29.6 Å². The molecule has 4 aromatic carbocycles.